The molecule has 6 nitrogen and oxygen atoms in total. The van der Waals surface area contributed by atoms with Gasteiger partial charge in [0.2, 0.25) is 5.91 Å². The first kappa shape index (κ1) is 15.0. The smallest absolute Gasteiger partial charge is 0.230 e. The molecule has 2 rings (SSSR count). The zero-order chi connectivity index (χ0) is 15.0. The predicted octanol–water partition coefficient (Wildman–Crippen LogP) is 2.02. The van der Waals surface area contributed by atoms with Gasteiger partial charge < -0.3 is 14.8 Å². The van der Waals surface area contributed by atoms with E-state index in [2.05, 4.69) is 10.4 Å². The average Bonchev–Trinajstić information content (AvgIpc) is 2.85. The number of amides is 1. The molecule has 1 aliphatic rings. The van der Waals surface area contributed by atoms with Crippen molar-refractivity contribution in [1.82, 2.24) is 9.78 Å². The first-order chi connectivity index (χ1) is 9.16. The van der Waals surface area contributed by atoms with Gasteiger partial charge in [-0.05, 0) is 13.8 Å². The van der Waals surface area contributed by atoms with E-state index < -0.39 is 11.2 Å². The molecule has 0 bridgehead atoms. The Hall–Kier alpha value is -1.40. The van der Waals surface area contributed by atoms with Crippen LogP contribution in [-0.4, -0.2) is 34.2 Å². The highest BCUT2D eigenvalue weighted by Gasteiger charge is 2.32. The lowest BCUT2D eigenvalue weighted by atomic mass is 9.96. The van der Waals surface area contributed by atoms with Crippen molar-refractivity contribution in [3.05, 3.63) is 12.3 Å². The average molecular weight is 281 g/mol. The molecule has 2 heterocycles. The van der Waals surface area contributed by atoms with Gasteiger partial charge in [-0.1, -0.05) is 20.8 Å². The second-order valence-electron chi connectivity index (χ2n) is 6.58. The van der Waals surface area contributed by atoms with Gasteiger partial charge in [-0.3, -0.25) is 9.48 Å². The number of nitrogens with one attached hydrogen (secondary N) is 1. The summed E-state index contributed by atoms with van der Waals surface area (Å²) in [5.74, 6) is -0.0198. The van der Waals surface area contributed by atoms with Gasteiger partial charge in [-0.2, -0.15) is 5.10 Å². The van der Waals surface area contributed by atoms with E-state index in [1.807, 2.05) is 40.8 Å². The summed E-state index contributed by atoms with van der Waals surface area (Å²) in [5, 5.41) is 7.12. The number of carbonyl (C=O) groups is 1. The Morgan fingerprint density at radius 2 is 2.25 bits per heavy atom. The zero-order valence-corrected chi connectivity index (χ0v) is 12.8. The minimum absolute atomic E-state index is 0.0175. The van der Waals surface area contributed by atoms with Gasteiger partial charge in [0, 0.05) is 17.7 Å². The molecule has 1 aromatic rings. The Bertz CT molecular complexity index is 488. The maximum absolute atomic E-state index is 11.9. The first-order valence-corrected chi connectivity index (χ1v) is 6.82. The molecular weight excluding hydrogens is 258 g/mol. The minimum Gasteiger partial charge on any atom is -0.348 e. The third-order valence-corrected chi connectivity index (χ3v) is 3.02. The van der Waals surface area contributed by atoms with Crippen LogP contribution in [0, 0.1) is 5.41 Å². The molecule has 20 heavy (non-hydrogen) atoms. The number of anilines is 1. The lowest BCUT2D eigenvalue weighted by Crippen LogP contribution is -2.28. The molecule has 0 aliphatic carbocycles. The molecule has 0 unspecified atom stereocenters. The highest BCUT2D eigenvalue weighted by atomic mass is 16.7. The number of hydrogen-bond acceptors (Lipinski definition) is 4. The van der Waals surface area contributed by atoms with E-state index in [0.29, 0.717) is 19.0 Å². The van der Waals surface area contributed by atoms with E-state index in [1.165, 1.54) is 0 Å². The van der Waals surface area contributed by atoms with E-state index >= 15 is 0 Å². The Morgan fingerprint density at radius 1 is 1.55 bits per heavy atom. The molecule has 0 aromatic carbocycles. The SMILES string of the molecule is CC1(C)OC[C@@H](Cn2ccc(NC(=O)C(C)(C)C)n2)O1. The Morgan fingerprint density at radius 3 is 2.80 bits per heavy atom. The second kappa shape index (κ2) is 5.18. The molecule has 1 fully saturated rings. The van der Waals surface area contributed by atoms with Crippen LogP contribution in [0.15, 0.2) is 12.3 Å². The van der Waals surface area contributed by atoms with Gasteiger partial charge in [0.15, 0.2) is 11.6 Å². The predicted molar refractivity (Wildman–Crippen MR) is 75.2 cm³/mol. The summed E-state index contributed by atoms with van der Waals surface area (Å²) in [4.78, 5) is 11.9. The van der Waals surface area contributed by atoms with Crippen molar-refractivity contribution in [2.75, 3.05) is 11.9 Å². The van der Waals surface area contributed by atoms with Gasteiger partial charge >= 0.3 is 0 Å². The maximum atomic E-state index is 11.9. The normalized spacial score (nSPS) is 21.9. The summed E-state index contributed by atoms with van der Waals surface area (Å²) in [5.41, 5.74) is -0.434. The quantitative estimate of drug-likeness (QED) is 0.920. The van der Waals surface area contributed by atoms with Crippen molar-refractivity contribution in [2.24, 2.45) is 5.41 Å². The van der Waals surface area contributed by atoms with Crippen LogP contribution in [0.4, 0.5) is 5.82 Å². The van der Waals surface area contributed by atoms with Crippen molar-refractivity contribution >= 4 is 11.7 Å². The summed E-state index contributed by atoms with van der Waals surface area (Å²) in [6.45, 7) is 10.5. The van der Waals surface area contributed by atoms with Gasteiger partial charge in [-0.15, -0.1) is 0 Å². The van der Waals surface area contributed by atoms with Crippen molar-refractivity contribution < 1.29 is 14.3 Å². The molecular formula is C14H23N3O3. The Kier molecular flexibility index (Phi) is 3.88. The number of rotatable bonds is 3. The molecule has 112 valence electrons. The van der Waals surface area contributed by atoms with Crippen LogP contribution in [0.3, 0.4) is 0 Å². The molecule has 0 radical (unpaired) electrons. The van der Waals surface area contributed by atoms with Crippen molar-refractivity contribution in [3.8, 4) is 0 Å². The Balaban J connectivity index is 1.91. The standard InChI is InChI=1S/C14H23N3O3/c1-13(2,3)12(18)15-11-6-7-17(16-11)8-10-9-19-14(4,5)20-10/h6-7,10H,8-9H2,1-5H3,(H,15,16,18)/t10-/m1/s1. The maximum Gasteiger partial charge on any atom is 0.230 e. The number of nitrogens with zero attached hydrogens (tertiary/aromatic N) is 2. The van der Waals surface area contributed by atoms with Crippen LogP contribution in [0.2, 0.25) is 0 Å². The summed E-state index contributed by atoms with van der Waals surface area (Å²) in [6.07, 6.45) is 1.81. The van der Waals surface area contributed by atoms with E-state index in [4.69, 9.17) is 9.47 Å². The number of hydrogen-bond donors (Lipinski definition) is 1. The lowest BCUT2D eigenvalue weighted by molar-refractivity contribution is -0.139. The molecule has 1 aromatic heterocycles. The van der Waals surface area contributed by atoms with E-state index in [-0.39, 0.29) is 12.0 Å². The van der Waals surface area contributed by atoms with E-state index in [9.17, 15) is 4.79 Å². The fraction of sp³-hybridized carbons (Fsp3) is 0.714. The first-order valence-electron chi connectivity index (χ1n) is 6.82. The second-order valence-corrected chi connectivity index (χ2v) is 6.58. The monoisotopic (exact) mass is 281 g/mol. The fourth-order valence-electron chi connectivity index (χ4n) is 1.90. The summed E-state index contributed by atoms with van der Waals surface area (Å²) < 4.78 is 13.0. The van der Waals surface area contributed by atoms with Crippen LogP contribution >= 0.6 is 0 Å². The number of carbonyl (C=O) groups excluding carboxylic acids is 1. The van der Waals surface area contributed by atoms with Crippen molar-refractivity contribution in [3.63, 3.8) is 0 Å². The molecule has 1 saturated heterocycles. The summed E-state index contributed by atoms with van der Waals surface area (Å²) in [6, 6.07) is 1.78. The number of aromatic nitrogens is 2. The Labute approximate surface area is 119 Å². The van der Waals surface area contributed by atoms with E-state index in [1.54, 1.807) is 10.7 Å². The third-order valence-electron chi connectivity index (χ3n) is 3.02. The van der Waals surface area contributed by atoms with E-state index in [0.717, 1.165) is 0 Å². The molecule has 1 amide bonds. The highest BCUT2D eigenvalue weighted by molar-refractivity contribution is 5.93. The molecule has 1 atom stereocenters. The van der Waals surface area contributed by atoms with Crippen LogP contribution in [0.1, 0.15) is 34.6 Å². The summed E-state index contributed by atoms with van der Waals surface area (Å²) >= 11 is 0. The highest BCUT2D eigenvalue weighted by Crippen LogP contribution is 2.23. The van der Waals surface area contributed by atoms with Crippen LogP contribution < -0.4 is 5.32 Å². The van der Waals surface area contributed by atoms with Crippen molar-refractivity contribution in [2.45, 2.75) is 53.1 Å². The molecule has 6 heteroatoms. The van der Waals surface area contributed by atoms with Gasteiger partial charge in [0.25, 0.3) is 0 Å². The van der Waals surface area contributed by atoms with Gasteiger partial charge in [0.05, 0.1) is 13.2 Å². The molecule has 0 spiro atoms. The van der Waals surface area contributed by atoms with Crippen LogP contribution in [0.25, 0.3) is 0 Å². The molecule has 1 aliphatic heterocycles. The minimum atomic E-state index is -0.527. The topological polar surface area (TPSA) is 65.4 Å². The number of ether oxygens (including phenoxy) is 2. The van der Waals surface area contributed by atoms with Crippen molar-refractivity contribution in [1.29, 1.82) is 0 Å². The van der Waals surface area contributed by atoms with Gasteiger partial charge in [0.1, 0.15) is 6.10 Å². The molecule has 1 N–H and O–H groups in total. The van der Waals surface area contributed by atoms with Gasteiger partial charge in [-0.25, -0.2) is 0 Å². The largest absolute Gasteiger partial charge is 0.348 e. The fourth-order valence-corrected chi connectivity index (χ4v) is 1.90. The lowest BCUT2D eigenvalue weighted by Gasteiger charge is -2.17. The summed E-state index contributed by atoms with van der Waals surface area (Å²) in [7, 11) is 0. The van der Waals surface area contributed by atoms with Crippen LogP contribution in [-0.2, 0) is 20.8 Å². The molecule has 0 saturated carbocycles. The third kappa shape index (κ3) is 3.80. The van der Waals surface area contributed by atoms with Crippen LogP contribution in [0.5, 0.6) is 0 Å². The zero-order valence-electron chi connectivity index (χ0n) is 12.8.